The Bertz CT molecular complexity index is 2220. The maximum atomic E-state index is 14.6. The van der Waals surface area contributed by atoms with Crippen molar-refractivity contribution < 1.29 is 85.8 Å². The molecule has 0 aromatic carbocycles. The first kappa shape index (κ1) is 84.1. The predicted octanol–water partition coefficient (Wildman–Crippen LogP) is 12.5. The Balaban J connectivity index is 7.45. The first-order valence-electron chi connectivity index (χ1n) is 31.2. The first-order chi connectivity index (χ1) is 44.7. The van der Waals surface area contributed by atoms with Gasteiger partial charge in [-0.15, -0.1) is 0 Å². The minimum absolute atomic E-state index is 0.0953. The third-order valence-electron chi connectivity index (χ3n) is 14.3. The number of hydrogen-bond donors (Lipinski definition) is 0. The van der Waals surface area contributed by atoms with E-state index in [1.54, 1.807) is 6.92 Å². The Kier molecular flexibility index (Phi) is 47.6. The molecule has 0 amide bonds. The van der Waals surface area contributed by atoms with Crippen molar-refractivity contribution in [2.24, 2.45) is 52.3 Å². The number of hydrogen-bond acceptors (Lipinski definition) is 24. The zero-order valence-electron chi connectivity index (χ0n) is 54.2. The summed E-state index contributed by atoms with van der Waals surface area (Å²) in [4.78, 5) is 138. The van der Waals surface area contributed by atoms with Gasteiger partial charge in [0, 0.05) is 107 Å². The van der Waals surface area contributed by atoms with Crippen LogP contribution in [0.3, 0.4) is 0 Å². The van der Waals surface area contributed by atoms with Crippen LogP contribution in [-0.4, -0.2) is 152 Å². The van der Waals surface area contributed by atoms with Crippen molar-refractivity contribution in [3.8, 4) is 0 Å². The van der Waals surface area contributed by atoms with Crippen molar-refractivity contribution in [3.05, 3.63) is 62.7 Å². The highest BCUT2D eigenvalue weighted by atomic mass is 16.6. The number of rotatable bonds is 58. The Labute approximate surface area is 539 Å². The molecule has 0 aliphatic heterocycles. The molecular weight excluding hydrogens is 1220 g/mol. The average Bonchev–Trinajstić information content (AvgIpc) is 0.924. The Morgan fingerprint density at radius 2 is 0.441 bits per heavy atom. The molecule has 0 spiro atoms. The Hall–Kier alpha value is -8.91. The second-order valence-electron chi connectivity index (χ2n) is 22.8. The molecule has 0 bridgehead atoms. The SMILES string of the molecule is CCC(COC(=O)C(C)(COC(=O)CCCCCN=[N+]=[N-])COC(=O)CCCCCN=[N+]=[N-])(COC(=O)C(C)(COC(=O)CCCCCN=[N+]=[N-])COC(=O)CCCCCN=[N+]=[N-])COC(=O)C(C)(COC(=O)CCCCCN=[N+]=[N-])COC(=O)CCCCCN=[N+]=[N-]. The van der Waals surface area contributed by atoms with E-state index < -0.39 is 135 Å². The van der Waals surface area contributed by atoms with Crippen molar-refractivity contribution in [1.29, 1.82) is 0 Å². The number of esters is 9. The molecular formula is C57H92N18O18. The summed E-state index contributed by atoms with van der Waals surface area (Å²) in [7, 11) is 0. The van der Waals surface area contributed by atoms with E-state index in [1.807, 2.05) is 0 Å². The van der Waals surface area contributed by atoms with Gasteiger partial charge in [0.15, 0.2) is 0 Å². The summed E-state index contributed by atoms with van der Waals surface area (Å²) in [6.07, 6.45) is 7.29. The zero-order chi connectivity index (χ0) is 69.3. The standard InChI is InChI=1S/C57H92N18O18/c1-5-57(42-91-51(82)54(2,36-85-45(76)24-12-6-18-30-64-70-58)37-86-46(77)25-13-7-19-31-65-71-59,43-92-52(83)55(3,38-87-47(78)26-14-8-20-32-66-72-60)39-88-48(79)27-15-9-21-33-67-73-61)44-93-53(84)56(4,40-89-49(80)28-16-10-22-34-68-74-62)41-90-50(81)29-17-11-23-35-69-75-63/h5-44H2,1-4H3. The van der Waals surface area contributed by atoms with Gasteiger partial charge in [0.2, 0.25) is 0 Å². The number of nitrogens with zero attached hydrogens (tertiary/aromatic N) is 18. The summed E-state index contributed by atoms with van der Waals surface area (Å²) in [6.45, 7) is 0.515. The molecule has 0 rings (SSSR count). The molecule has 0 atom stereocenters. The monoisotopic (exact) mass is 1320 g/mol. The molecule has 0 saturated carbocycles. The maximum Gasteiger partial charge on any atom is 0.318 e. The molecule has 0 N–H and O–H groups in total. The largest absolute Gasteiger partial charge is 0.464 e. The molecule has 0 aliphatic carbocycles. The van der Waals surface area contributed by atoms with Gasteiger partial charge < -0.3 is 42.6 Å². The van der Waals surface area contributed by atoms with E-state index in [4.69, 9.17) is 75.8 Å². The zero-order valence-corrected chi connectivity index (χ0v) is 54.2. The Morgan fingerprint density at radius 1 is 0.269 bits per heavy atom. The smallest absolute Gasteiger partial charge is 0.318 e. The minimum Gasteiger partial charge on any atom is -0.464 e. The van der Waals surface area contributed by atoms with Crippen molar-refractivity contribution in [2.75, 3.05) is 98.7 Å². The topological polar surface area (TPSA) is 529 Å². The third kappa shape index (κ3) is 42.0. The van der Waals surface area contributed by atoms with Gasteiger partial charge in [-0.25, -0.2) is 0 Å². The van der Waals surface area contributed by atoms with E-state index >= 15 is 0 Å². The van der Waals surface area contributed by atoms with E-state index in [2.05, 4.69) is 60.2 Å². The molecule has 0 aromatic rings. The van der Waals surface area contributed by atoms with E-state index in [9.17, 15) is 43.2 Å². The lowest BCUT2D eigenvalue weighted by Crippen LogP contribution is -2.47. The lowest BCUT2D eigenvalue weighted by atomic mass is 9.86. The summed E-state index contributed by atoms with van der Waals surface area (Å²) >= 11 is 0. The van der Waals surface area contributed by atoms with Gasteiger partial charge in [-0.3, -0.25) is 43.2 Å². The lowest BCUT2D eigenvalue weighted by Gasteiger charge is -2.35. The van der Waals surface area contributed by atoms with Gasteiger partial charge in [0.05, 0.1) is 5.41 Å². The molecule has 0 unspecified atom stereocenters. The third-order valence-corrected chi connectivity index (χ3v) is 14.3. The maximum absolute atomic E-state index is 14.6. The van der Waals surface area contributed by atoms with E-state index in [0.717, 1.165) is 0 Å². The van der Waals surface area contributed by atoms with Gasteiger partial charge in [0.1, 0.15) is 75.7 Å². The predicted molar refractivity (Wildman–Crippen MR) is 331 cm³/mol. The van der Waals surface area contributed by atoms with Gasteiger partial charge in [-0.05, 0) is 137 Å². The second kappa shape index (κ2) is 52.7. The fraction of sp³-hybridized carbons (Fsp3) is 0.842. The molecule has 0 heterocycles. The summed E-state index contributed by atoms with van der Waals surface area (Å²) in [6, 6.07) is 0. The lowest BCUT2D eigenvalue weighted by molar-refractivity contribution is -0.182. The van der Waals surface area contributed by atoms with Crippen LogP contribution >= 0.6 is 0 Å². The molecule has 0 aromatic heterocycles. The molecule has 518 valence electrons. The van der Waals surface area contributed by atoms with Crippen LogP contribution in [0.2, 0.25) is 0 Å². The van der Waals surface area contributed by atoms with Crippen molar-refractivity contribution in [2.45, 2.75) is 188 Å². The van der Waals surface area contributed by atoms with Gasteiger partial charge >= 0.3 is 53.7 Å². The van der Waals surface area contributed by atoms with Crippen LogP contribution in [0.15, 0.2) is 30.7 Å². The van der Waals surface area contributed by atoms with Crippen molar-refractivity contribution in [3.63, 3.8) is 0 Å². The Morgan fingerprint density at radius 3 is 0.591 bits per heavy atom. The fourth-order valence-electron chi connectivity index (χ4n) is 8.00. The van der Waals surface area contributed by atoms with E-state index in [-0.39, 0.29) is 84.2 Å². The molecule has 0 fully saturated rings. The van der Waals surface area contributed by atoms with Crippen LogP contribution in [-0.2, 0) is 85.8 Å². The molecule has 0 aliphatic rings. The summed E-state index contributed by atoms with van der Waals surface area (Å²) < 4.78 is 51.2. The summed E-state index contributed by atoms with van der Waals surface area (Å²) in [5.41, 5.74) is 44.1. The van der Waals surface area contributed by atoms with Gasteiger partial charge in [-0.2, -0.15) is 0 Å². The average molecular weight is 1320 g/mol. The number of azide groups is 6. The normalized spacial score (nSPS) is 13.0. The molecule has 36 nitrogen and oxygen atoms in total. The highest BCUT2D eigenvalue weighted by Gasteiger charge is 2.46. The van der Waals surface area contributed by atoms with E-state index in [1.165, 1.54) is 20.8 Å². The van der Waals surface area contributed by atoms with Crippen LogP contribution in [0.1, 0.15) is 188 Å². The summed E-state index contributed by atoms with van der Waals surface area (Å²) in [5.74, 6) is -7.63. The molecule has 0 radical (unpaired) electrons. The number of unbranched alkanes of at least 4 members (excludes halogenated alkanes) is 12. The van der Waals surface area contributed by atoms with Crippen LogP contribution in [0.5, 0.6) is 0 Å². The molecule has 93 heavy (non-hydrogen) atoms. The second-order valence-corrected chi connectivity index (χ2v) is 22.8. The number of carbonyl (C=O) groups excluding carboxylic acids is 9. The van der Waals surface area contributed by atoms with Crippen LogP contribution < -0.4 is 0 Å². The van der Waals surface area contributed by atoms with E-state index in [0.29, 0.717) is 116 Å². The number of ether oxygens (including phenoxy) is 9. The highest BCUT2D eigenvalue weighted by molar-refractivity contribution is 5.80. The van der Waals surface area contributed by atoms with Gasteiger partial charge in [-0.1, -0.05) is 76.1 Å². The van der Waals surface area contributed by atoms with Crippen LogP contribution in [0.25, 0.3) is 62.7 Å². The highest BCUT2D eigenvalue weighted by Crippen LogP contribution is 2.32. The molecule has 0 saturated heterocycles. The minimum atomic E-state index is -1.91. The summed E-state index contributed by atoms with van der Waals surface area (Å²) in [5, 5.41) is 20.8. The van der Waals surface area contributed by atoms with Gasteiger partial charge in [0.25, 0.3) is 0 Å². The molecule has 36 heteroatoms. The quantitative estimate of drug-likeness (QED) is 0.0136. The first-order valence-corrected chi connectivity index (χ1v) is 31.2. The van der Waals surface area contributed by atoms with Crippen LogP contribution in [0, 0.1) is 21.7 Å². The van der Waals surface area contributed by atoms with Crippen molar-refractivity contribution in [1.82, 2.24) is 0 Å². The van der Waals surface area contributed by atoms with Crippen molar-refractivity contribution >= 4 is 53.7 Å². The number of carbonyl (C=O) groups is 9. The fourth-order valence-corrected chi connectivity index (χ4v) is 8.00. The van der Waals surface area contributed by atoms with Crippen LogP contribution in [0.4, 0.5) is 0 Å².